The van der Waals surface area contributed by atoms with Crippen molar-refractivity contribution in [2.45, 2.75) is 19.8 Å². The number of amides is 1. The van der Waals surface area contributed by atoms with E-state index in [1.807, 2.05) is 29.6 Å². The van der Waals surface area contributed by atoms with Crippen molar-refractivity contribution in [3.05, 3.63) is 40.9 Å². The van der Waals surface area contributed by atoms with E-state index < -0.39 is 0 Å². The third kappa shape index (κ3) is 5.84. The van der Waals surface area contributed by atoms with E-state index in [0.29, 0.717) is 5.13 Å². The molecule has 0 fully saturated rings. The van der Waals surface area contributed by atoms with Crippen LogP contribution in [0.4, 0.5) is 10.8 Å². The Kier molecular flexibility index (Phi) is 6.30. The van der Waals surface area contributed by atoms with Crippen molar-refractivity contribution in [3.63, 3.8) is 0 Å². The van der Waals surface area contributed by atoms with Crippen LogP contribution in [0.15, 0.2) is 39.9 Å². The highest BCUT2D eigenvalue weighted by Crippen LogP contribution is 2.18. The van der Waals surface area contributed by atoms with Crippen LogP contribution in [-0.4, -0.2) is 23.2 Å². The quantitative estimate of drug-likeness (QED) is 0.657. The molecule has 1 aromatic carbocycles. The Morgan fingerprint density at radius 1 is 1.35 bits per heavy atom. The molecule has 23 heavy (non-hydrogen) atoms. The molecule has 0 radical (unpaired) electrons. The van der Waals surface area contributed by atoms with Gasteiger partial charge in [-0.05, 0) is 42.8 Å². The minimum absolute atomic E-state index is 0.104. The molecule has 0 atom stereocenters. The lowest BCUT2D eigenvalue weighted by atomic mass is 10.1. The smallest absolute Gasteiger partial charge is 0.302 e. The Labute approximate surface area is 143 Å². The molecule has 1 heterocycles. The maximum Gasteiger partial charge on any atom is 0.302 e. The van der Waals surface area contributed by atoms with Crippen LogP contribution in [0.5, 0.6) is 0 Å². The monoisotopic (exact) mass is 348 g/mol. The second-order valence-corrected chi connectivity index (χ2v) is 5.87. The Bertz CT molecular complexity index is 711. The molecule has 2 aromatic rings. The maximum atomic E-state index is 11.0. The minimum atomic E-state index is -0.108. The number of nitrogens with zero attached hydrogens (tertiary/aromatic N) is 3. The van der Waals surface area contributed by atoms with Crippen molar-refractivity contribution in [2.24, 2.45) is 10.2 Å². The highest BCUT2D eigenvalue weighted by atomic mass is 32.1. The molecular formula is C15H16N4O2S2. The summed E-state index contributed by atoms with van der Waals surface area (Å²) < 4.78 is 4.75. The van der Waals surface area contributed by atoms with Crippen LogP contribution in [-0.2, 0) is 22.4 Å². The summed E-state index contributed by atoms with van der Waals surface area (Å²) in [6, 6.07) is 7.73. The zero-order valence-electron chi connectivity index (χ0n) is 12.8. The van der Waals surface area contributed by atoms with Gasteiger partial charge in [-0.25, -0.2) is 4.98 Å². The molecule has 0 aliphatic heterocycles. The van der Waals surface area contributed by atoms with Crippen molar-refractivity contribution in [3.8, 4) is 0 Å². The molecule has 0 saturated heterocycles. The number of hydrogen-bond donors (Lipinski definition) is 1. The first-order valence-corrected chi connectivity index (χ1v) is 8.16. The number of anilines is 1. The summed E-state index contributed by atoms with van der Waals surface area (Å²) in [7, 11) is 1.46. The highest BCUT2D eigenvalue weighted by molar-refractivity contribution is 7.80. The molecule has 0 aliphatic carbocycles. The van der Waals surface area contributed by atoms with Crippen molar-refractivity contribution in [2.75, 3.05) is 12.4 Å². The van der Waals surface area contributed by atoms with E-state index in [9.17, 15) is 4.79 Å². The van der Waals surface area contributed by atoms with Gasteiger partial charge in [-0.1, -0.05) is 17.2 Å². The SMILES string of the molecule is COC(=S)N=Nc1ccc(CCc2csc(NC(C)=O)n2)cc1. The highest BCUT2D eigenvalue weighted by Gasteiger charge is 2.04. The lowest BCUT2D eigenvalue weighted by Gasteiger charge is -2.00. The molecule has 8 heteroatoms. The van der Waals surface area contributed by atoms with E-state index in [2.05, 4.69) is 20.5 Å². The Balaban J connectivity index is 1.88. The summed E-state index contributed by atoms with van der Waals surface area (Å²) in [5.74, 6) is -0.108. The van der Waals surface area contributed by atoms with Crippen LogP contribution in [0.2, 0.25) is 0 Å². The molecule has 0 saturated carbocycles. The van der Waals surface area contributed by atoms with Crippen LogP contribution < -0.4 is 5.32 Å². The van der Waals surface area contributed by atoms with Gasteiger partial charge in [-0.15, -0.1) is 16.5 Å². The molecule has 1 amide bonds. The van der Waals surface area contributed by atoms with Crippen molar-refractivity contribution < 1.29 is 9.53 Å². The number of hydrogen-bond acceptors (Lipinski definition) is 6. The Morgan fingerprint density at radius 3 is 2.74 bits per heavy atom. The number of nitrogens with one attached hydrogen (secondary N) is 1. The third-order valence-electron chi connectivity index (χ3n) is 2.86. The minimum Gasteiger partial charge on any atom is -0.472 e. The molecule has 1 N–H and O–H groups in total. The molecule has 1 aromatic heterocycles. The Hall–Kier alpha value is -2.19. The number of carbonyl (C=O) groups is 1. The molecule has 0 unspecified atom stereocenters. The number of benzene rings is 1. The molecule has 0 aliphatic rings. The van der Waals surface area contributed by atoms with Crippen LogP contribution in [0, 0.1) is 0 Å². The first kappa shape index (κ1) is 17.2. The fourth-order valence-electron chi connectivity index (χ4n) is 1.77. The van der Waals surface area contributed by atoms with E-state index in [4.69, 9.17) is 17.0 Å². The molecule has 6 nitrogen and oxygen atoms in total. The number of azo groups is 1. The van der Waals surface area contributed by atoms with Crippen molar-refractivity contribution in [1.29, 1.82) is 0 Å². The average molecular weight is 348 g/mol. The predicted molar refractivity (Wildman–Crippen MR) is 94.4 cm³/mol. The molecule has 0 spiro atoms. The van der Waals surface area contributed by atoms with Crippen LogP contribution in [0.25, 0.3) is 0 Å². The summed E-state index contributed by atoms with van der Waals surface area (Å²) in [6.07, 6.45) is 1.67. The van der Waals surface area contributed by atoms with Gasteiger partial charge in [0.15, 0.2) is 5.13 Å². The largest absolute Gasteiger partial charge is 0.472 e. The number of thiocarbonyl (C=S) groups is 1. The number of carbonyl (C=O) groups excluding carboxylic acids is 1. The maximum absolute atomic E-state index is 11.0. The zero-order valence-corrected chi connectivity index (χ0v) is 14.4. The average Bonchev–Trinajstić information content (AvgIpc) is 2.98. The van der Waals surface area contributed by atoms with E-state index >= 15 is 0 Å². The third-order valence-corrected chi connectivity index (χ3v) is 3.92. The van der Waals surface area contributed by atoms with Gasteiger partial charge < -0.3 is 10.1 Å². The molecule has 2 rings (SSSR count). The van der Waals surface area contributed by atoms with E-state index in [0.717, 1.165) is 24.2 Å². The van der Waals surface area contributed by atoms with Gasteiger partial charge in [-0.2, -0.15) is 0 Å². The zero-order chi connectivity index (χ0) is 16.7. The first-order chi connectivity index (χ1) is 11.1. The van der Waals surface area contributed by atoms with Crippen LogP contribution in [0.3, 0.4) is 0 Å². The molecule has 0 bridgehead atoms. The number of aromatic nitrogens is 1. The number of methoxy groups -OCH3 is 1. The first-order valence-electron chi connectivity index (χ1n) is 6.87. The second kappa shape index (κ2) is 8.44. The summed E-state index contributed by atoms with van der Waals surface area (Å²) in [5.41, 5.74) is 2.86. The van der Waals surface area contributed by atoms with Gasteiger partial charge in [0.2, 0.25) is 5.91 Å². The van der Waals surface area contributed by atoms with Crippen molar-refractivity contribution >= 4 is 45.5 Å². The Morgan fingerprint density at radius 2 is 2.09 bits per heavy atom. The topological polar surface area (TPSA) is 75.9 Å². The number of aryl methyl sites for hydroxylation is 2. The number of ether oxygens (including phenoxy) is 1. The summed E-state index contributed by atoms with van der Waals surface area (Å²) >= 11 is 6.22. The van der Waals surface area contributed by atoms with Gasteiger partial charge in [0, 0.05) is 12.3 Å². The number of rotatable bonds is 5. The summed E-state index contributed by atoms with van der Waals surface area (Å²) in [6.45, 7) is 1.47. The van der Waals surface area contributed by atoms with Gasteiger partial charge in [-0.3, -0.25) is 4.79 Å². The summed E-state index contributed by atoms with van der Waals surface area (Å²) in [4.78, 5) is 15.3. The fourth-order valence-corrected chi connectivity index (χ4v) is 2.60. The second-order valence-electron chi connectivity index (χ2n) is 4.66. The predicted octanol–water partition coefficient (Wildman–Crippen LogP) is 3.90. The van der Waals surface area contributed by atoms with Crippen LogP contribution >= 0.6 is 23.6 Å². The van der Waals surface area contributed by atoms with E-state index in [-0.39, 0.29) is 11.1 Å². The fraction of sp³-hybridized carbons (Fsp3) is 0.267. The van der Waals surface area contributed by atoms with Crippen molar-refractivity contribution in [1.82, 2.24) is 4.98 Å². The molecular weight excluding hydrogens is 332 g/mol. The van der Waals surface area contributed by atoms with Gasteiger partial charge in [0.25, 0.3) is 0 Å². The summed E-state index contributed by atoms with van der Waals surface area (Å²) in [5, 5.41) is 13.1. The van der Waals surface area contributed by atoms with Gasteiger partial charge in [0.1, 0.15) is 0 Å². The van der Waals surface area contributed by atoms with Gasteiger partial charge >= 0.3 is 5.17 Å². The normalized spacial score (nSPS) is 10.7. The number of thiazole rings is 1. The standard InChI is InChI=1S/C15H16N4O2S2/c1-10(20)16-14-17-13(9-23-14)8-5-11-3-6-12(7-4-11)18-19-15(22)21-2/h3-4,6-7,9H,5,8H2,1-2H3,(H,16,17,20). The lowest BCUT2D eigenvalue weighted by molar-refractivity contribution is -0.114. The molecule has 120 valence electrons. The van der Waals surface area contributed by atoms with E-state index in [1.165, 1.54) is 30.9 Å². The van der Waals surface area contributed by atoms with E-state index in [1.54, 1.807) is 0 Å². The van der Waals surface area contributed by atoms with Crippen LogP contribution in [0.1, 0.15) is 18.2 Å². The lowest BCUT2D eigenvalue weighted by Crippen LogP contribution is -2.05. The van der Waals surface area contributed by atoms with Gasteiger partial charge in [0.05, 0.1) is 18.5 Å².